The minimum atomic E-state index is -0.0930. The van der Waals surface area contributed by atoms with Crippen LogP contribution in [0.1, 0.15) is 4.88 Å². The van der Waals surface area contributed by atoms with Crippen molar-refractivity contribution in [2.24, 2.45) is 0 Å². The molecule has 0 atom stereocenters. The van der Waals surface area contributed by atoms with Crippen molar-refractivity contribution < 1.29 is 0 Å². The summed E-state index contributed by atoms with van der Waals surface area (Å²) in [4.78, 5) is 27.1. The Hall–Kier alpha value is -2.31. The molecule has 22 heavy (non-hydrogen) atoms. The maximum atomic E-state index is 12.6. The SMILES string of the molecule is Cc1sc2nc(-c3ccncc3)[nH]c(=O)c2c1-c1cccs1. The third-order valence-corrected chi connectivity index (χ3v) is 5.35. The number of aromatic nitrogens is 3. The Kier molecular flexibility index (Phi) is 3.13. The van der Waals surface area contributed by atoms with E-state index in [0.29, 0.717) is 11.2 Å². The van der Waals surface area contributed by atoms with Gasteiger partial charge in [0.25, 0.3) is 5.56 Å². The van der Waals surface area contributed by atoms with E-state index in [9.17, 15) is 4.79 Å². The van der Waals surface area contributed by atoms with Gasteiger partial charge in [0, 0.05) is 33.3 Å². The number of fused-ring (bicyclic) bond motifs is 1. The number of pyridine rings is 1. The van der Waals surface area contributed by atoms with Gasteiger partial charge in [0.05, 0.1) is 5.39 Å². The predicted octanol–water partition coefficient (Wildman–Crippen LogP) is 4.08. The second-order valence-corrected chi connectivity index (χ2v) is 6.99. The first-order valence-corrected chi connectivity index (χ1v) is 8.41. The molecule has 4 heterocycles. The summed E-state index contributed by atoms with van der Waals surface area (Å²) in [7, 11) is 0. The highest BCUT2D eigenvalue weighted by Crippen LogP contribution is 2.38. The van der Waals surface area contributed by atoms with E-state index < -0.39 is 0 Å². The van der Waals surface area contributed by atoms with Crippen LogP contribution in [-0.4, -0.2) is 15.0 Å². The molecule has 0 fully saturated rings. The summed E-state index contributed by atoms with van der Waals surface area (Å²) in [6, 6.07) is 7.71. The summed E-state index contributed by atoms with van der Waals surface area (Å²) in [5.74, 6) is 0.582. The van der Waals surface area contributed by atoms with E-state index in [4.69, 9.17) is 0 Å². The van der Waals surface area contributed by atoms with Gasteiger partial charge >= 0.3 is 0 Å². The van der Waals surface area contributed by atoms with Gasteiger partial charge in [-0.3, -0.25) is 9.78 Å². The predicted molar refractivity (Wildman–Crippen MR) is 91.5 cm³/mol. The van der Waals surface area contributed by atoms with Crippen molar-refractivity contribution in [3.8, 4) is 21.8 Å². The van der Waals surface area contributed by atoms with Crippen LogP contribution in [0, 0.1) is 6.92 Å². The highest BCUT2D eigenvalue weighted by Gasteiger charge is 2.17. The van der Waals surface area contributed by atoms with Crippen LogP contribution in [0.3, 0.4) is 0 Å². The molecule has 4 aromatic heterocycles. The van der Waals surface area contributed by atoms with Crippen molar-refractivity contribution in [1.82, 2.24) is 15.0 Å². The van der Waals surface area contributed by atoms with Crippen LogP contribution >= 0.6 is 22.7 Å². The van der Waals surface area contributed by atoms with E-state index >= 15 is 0 Å². The highest BCUT2D eigenvalue weighted by molar-refractivity contribution is 7.20. The standard InChI is InChI=1S/C16H11N3OS2/c1-9-12(11-3-2-8-21-11)13-15(20)18-14(19-16(13)22-9)10-4-6-17-7-5-10/h2-8H,1H3,(H,18,19,20). The first-order chi connectivity index (χ1) is 10.7. The van der Waals surface area contributed by atoms with Crippen LogP contribution in [0.25, 0.3) is 32.0 Å². The zero-order valence-corrected chi connectivity index (χ0v) is 13.3. The molecule has 0 bridgehead atoms. The number of aryl methyl sites for hydroxylation is 1. The molecule has 6 heteroatoms. The Labute approximate surface area is 134 Å². The third kappa shape index (κ3) is 2.08. The third-order valence-electron chi connectivity index (χ3n) is 3.46. The smallest absolute Gasteiger partial charge is 0.260 e. The molecule has 0 aromatic carbocycles. The Balaban J connectivity index is 2.01. The molecule has 0 spiro atoms. The fraction of sp³-hybridized carbons (Fsp3) is 0.0625. The average Bonchev–Trinajstić information content (AvgIpc) is 3.14. The fourth-order valence-corrected chi connectivity index (χ4v) is 4.42. The van der Waals surface area contributed by atoms with Crippen molar-refractivity contribution in [1.29, 1.82) is 0 Å². The summed E-state index contributed by atoms with van der Waals surface area (Å²) >= 11 is 3.20. The van der Waals surface area contributed by atoms with Gasteiger partial charge in [0.1, 0.15) is 10.7 Å². The van der Waals surface area contributed by atoms with Crippen LogP contribution in [0.5, 0.6) is 0 Å². The molecule has 0 unspecified atom stereocenters. The van der Waals surface area contributed by atoms with E-state index in [1.165, 1.54) is 0 Å². The van der Waals surface area contributed by atoms with Crippen LogP contribution < -0.4 is 5.56 Å². The molecular weight excluding hydrogens is 314 g/mol. The first-order valence-electron chi connectivity index (χ1n) is 6.72. The molecule has 0 saturated carbocycles. The van der Waals surface area contributed by atoms with Crippen LogP contribution in [0.2, 0.25) is 0 Å². The molecule has 0 aliphatic rings. The van der Waals surface area contributed by atoms with Crippen LogP contribution in [0.15, 0.2) is 46.8 Å². The molecule has 0 saturated heterocycles. The zero-order chi connectivity index (χ0) is 15.1. The number of hydrogen-bond donors (Lipinski definition) is 1. The lowest BCUT2D eigenvalue weighted by atomic mass is 10.1. The summed E-state index contributed by atoms with van der Waals surface area (Å²) in [6.45, 7) is 2.03. The molecule has 4 aromatic rings. The van der Waals surface area contributed by atoms with Crippen molar-refractivity contribution >= 4 is 32.9 Å². The number of aromatic amines is 1. The summed E-state index contributed by atoms with van der Waals surface area (Å²) in [5.41, 5.74) is 1.77. The Morgan fingerprint density at radius 2 is 2.00 bits per heavy atom. The van der Waals surface area contributed by atoms with E-state index in [0.717, 1.165) is 25.7 Å². The summed E-state index contributed by atoms with van der Waals surface area (Å²) < 4.78 is 0. The molecule has 1 N–H and O–H groups in total. The maximum absolute atomic E-state index is 12.6. The van der Waals surface area contributed by atoms with Gasteiger partial charge in [0.15, 0.2) is 0 Å². The molecular formula is C16H11N3OS2. The molecule has 0 aliphatic heterocycles. The van der Waals surface area contributed by atoms with E-state index in [2.05, 4.69) is 15.0 Å². The second kappa shape index (κ2) is 5.15. The van der Waals surface area contributed by atoms with Crippen LogP contribution in [0.4, 0.5) is 0 Å². The largest absolute Gasteiger partial charge is 0.306 e. The highest BCUT2D eigenvalue weighted by atomic mass is 32.1. The zero-order valence-electron chi connectivity index (χ0n) is 11.7. The van der Waals surface area contributed by atoms with Gasteiger partial charge in [0.2, 0.25) is 0 Å². The fourth-order valence-electron chi connectivity index (χ4n) is 2.48. The molecule has 4 rings (SSSR count). The first kappa shape index (κ1) is 13.4. The van der Waals surface area contributed by atoms with Gasteiger partial charge in [-0.2, -0.15) is 0 Å². The monoisotopic (exact) mass is 325 g/mol. The molecule has 108 valence electrons. The van der Waals surface area contributed by atoms with Crippen molar-refractivity contribution in [2.75, 3.05) is 0 Å². The number of rotatable bonds is 2. The van der Waals surface area contributed by atoms with E-state index in [-0.39, 0.29) is 5.56 Å². The summed E-state index contributed by atoms with van der Waals surface area (Å²) in [6.07, 6.45) is 3.38. The van der Waals surface area contributed by atoms with Gasteiger partial charge in [-0.25, -0.2) is 4.98 Å². The lowest BCUT2D eigenvalue weighted by molar-refractivity contribution is 1.18. The molecule has 0 amide bonds. The van der Waals surface area contributed by atoms with Crippen molar-refractivity contribution in [3.63, 3.8) is 0 Å². The molecule has 0 aliphatic carbocycles. The Morgan fingerprint density at radius 3 is 2.73 bits per heavy atom. The van der Waals surface area contributed by atoms with Crippen molar-refractivity contribution in [3.05, 3.63) is 57.3 Å². The molecule has 4 nitrogen and oxygen atoms in total. The Morgan fingerprint density at radius 1 is 1.18 bits per heavy atom. The number of H-pyrrole nitrogens is 1. The Bertz CT molecular complexity index is 1000. The maximum Gasteiger partial charge on any atom is 0.260 e. The number of thiophene rings is 2. The minimum absolute atomic E-state index is 0.0930. The van der Waals surface area contributed by atoms with Crippen LogP contribution in [-0.2, 0) is 0 Å². The minimum Gasteiger partial charge on any atom is -0.306 e. The van der Waals surface area contributed by atoms with Gasteiger partial charge in [-0.05, 0) is 30.5 Å². The number of nitrogens with one attached hydrogen (secondary N) is 1. The topological polar surface area (TPSA) is 58.6 Å². The van der Waals surface area contributed by atoms with E-state index in [1.54, 1.807) is 35.1 Å². The number of nitrogens with zero attached hydrogens (tertiary/aromatic N) is 2. The lowest BCUT2D eigenvalue weighted by Crippen LogP contribution is -2.08. The summed E-state index contributed by atoms with van der Waals surface area (Å²) in [5, 5.41) is 2.70. The van der Waals surface area contributed by atoms with Crippen molar-refractivity contribution in [2.45, 2.75) is 6.92 Å². The van der Waals surface area contributed by atoms with E-state index in [1.807, 2.05) is 36.6 Å². The van der Waals surface area contributed by atoms with Gasteiger partial charge < -0.3 is 4.98 Å². The average molecular weight is 325 g/mol. The quantitative estimate of drug-likeness (QED) is 0.604. The van der Waals surface area contributed by atoms with Gasteiger partial charge in [-0.15, -0.1) is 22.7 Å². The second-order valence-electron chi connectivity index (χ2n) is 4.84. The number of hydrogen-bond acceptors (Lipinski definition) is 5. The van der Waals surface area contributed by atoms with Gasteiger partial charge in [-0.1, -0.05) is 6.07 Å². The normalized spacial score (nSPS) is 11.1. The lowest BCUT2D eigenvalue weighted by Gasteiger charge is -2.01. The molecule has 0 radical (unpaired) electrons.